The number of methoxy groups -OCH3 is 2. The number of H-pyrrole nitrogens is 4. The van der Waals surface area contributed by atoms with Crippen LogP contribution in [-0.2, 0) is 19.1 Å². The van der Waals surface area contributed by atoms with Crippen molar-refractivity contribution < 1.29 is 28.7 Å². The number of imidazole rings is 4. The van der Waals surface area contributed by atoms with Crippen LogP contribution in [0.3, 0.4) is 0 Å². The lowest BCUT2D eigenvalue weighted by Crippen LogP contribution is -2.51. The van der Waals surface area contributed by atoms with Gasteiger partial charge in [0.2, 0.25) is 11.8 Å². The van der Waals surface area contributed by atoms with Crippen molar-refractivity contribution in [3.63, 3.8) is 0 Å². The van der Waals surface area contributed by atoms with Gasteiger partial charge in [-0.15, -0.1) is 0 Å². The molecule has 18 nitrogen and oxygen atoms in total. The molecule has 62 heavy (non-hydrogen) atoms. The lowest BCUT2D eigenvalue weighted by molar-refractivity contribution is -0.136. The van der Waals surface area contributed by atoms with Gasteiger partial charge >= 0.3 is 12.2 Å². The molecule has 6 heterocycles. The Balaban J connectivity index is 1.08. The predicted octanol–water partition coefficient (Wildman–Crippen LogP) is 6.59. The molecule has 0 bridgehead atoms. The number of carbonyl (C=O) groups excluding carboxylic acids is 4. The Morgan fingerprint density at radius 2 is 1.02 bits per heavy atom. The predicted molar refractivity (Wildman–Crippen MR) is 232 cm³/mol. The standard InChI is InChI=1S/C44H54N12O6/c1-21(2)33(53-43(59)61-7)41(57)55-17-9-11-31(55)39-45-19-29(51-39)27-15-13-25(35-37(27)49-23(5)47-35)26-14-16-28(38-36(26)48-24(6)50-38)30-20-46-40(52-30)32-12-10-18-56(32)42(58)34(22(3)4)54-44(60)62-8/h13-16,19-22,31-34H,9-12,17-18H2,1-8H3,(H,45,51)(H,46,52)(H,47,49)(H,48,50)(H,53,59)(H,54,60). The van der Waals surface area contributed by atoms with Crippen molar-refractivity contribution in [3.8, 4) is 33.6 Å². The van der Waals surface area contributed by atoms with Gasteiger partial charge in [0, 0.05) is 35.3 Å². The Bertz CT molecular complexity index is 2480. The van der Waals surface area contributed by atoms with Crippen LogP contribution in [-0.4, -0.2) is 113 Å². The Morgan fingerprint density at radius 1 is 0.629 bits per heavy atom. The molecule has 6 N–H and O–H groups in total. The molecule has 4 atom stereocenters. The smallest absolute Gasteiger partial charge is 0.407 e. The third kappa shape index (κ3) is 7.73. The zero-order valence-corrected chi connectivity index (χ0v) is 36.3. The lowest BCUT2D eigenvalue weighted by Gasteiger charge is -2.30. The average Bonchev–Trinajstić information content (AvgIpc) is 4.11. The first-order valence-corrected chi connectivity index (χ1v) is 21.2. The number of alkyl carbamates (subject to hydrolysis) is 2. The number of carbonyl (C=O) groups is 4. The van der Waals surface area contributed by atoms with Crippen LogP contribution in [0.4, 0.5) is 9.59 Å². The van der Waals surface area contributed by atoms with Crippen LogP contribution in [0.25, 0.3) is 55.7 Å². The van der Waals surface area contributed by atoms with E-state index in [-0.39, 0.29) is 35.7 Å². The van der Waals surface area contributed by atoms with Crippen molar-refractivity contribution >= 4 is 46.1 Å². The number of hydrogen-bond donors (Lipinski definition) is 6. The van der Waals surface area contributed by atoms with E-state index < -0.39 is 24.3 Å². The molecule has 0 spiro atoms. The summed E-state index contributed by atoms with van der Waals surface area (Å²) in [5, 5.41) is 5.42. The number of fused-ring (bicyclic) bond motifs is 2. The largest absolute Gasteiger partial charge is 0.453 e. The maximum absolute atomic E-state index is 13.8. The normalized spacial score (nSPS) is 17.6. The summed E-state index contributed by atoms with van der Waals surface area (Å²) in [6, 6.07) is 6.19. The van der Waals surface area contributed by atoms with Gasteiger partial charge in [0.25, 0.3) is 0 Å². The summed E-state index contributed by atoms with van der Waals surface area (Å²) < 4.78 is 9.59. The Labute approximate surface area is 358 Å². The summed E-state index contributed by atoms with van der Waals surface area (Å²) in [4.78, 5) is 88.7. The van der Waals surface area contributed by atoms with Crippen LogP contribution < -0.4 is 10.6 Å². The van der Waals surface area contributed by atoms with E-state index in [4.69, 9.17) is 29.4 Å². The number of amides is 4. The molecule has 0 radical (unpaired) electrons. The van der Waals surface area contributed by atoms with Crippen LogP contribution in [0.1, 0.15) is 88.8 Å². The van der Waals surface area contributed by atoms with Crippen LogP contribution in [0.2, 0.25) is 0 Å². The molecule has 8 rings (SSSR count). The van der Waals surface area contributed by atoms with Crippen LogP contribution in [0.15, 0.2) is 36.7 Å². The number of nitrogens with zero attached hydrogens (tertiary/aromatic N) is 6. The van der Waals surface area contributed by atoms with Crippen molar-refractivity contribution in [1.29, 1.82) is 0 Å². The second-order valence-electron chi connectivity index (χ2n) is 16.9. The number of benzene rings is 2. The van der Waals surface area contributed by atoms with E-state index >= 15 is 0 Å². The van der Waals surface area contributed by atoms with E-state index in [0.717, 1.165) is 93.0 Å². The van der Waals surface area contributed by atoms with Crippen LogP contribution in [0.5, 0.6) is 0 Å². The highest BCUT2D eigenvalue weighted by Crippen LogP contribution is 2.41. The average molecular weight is 847 g/mol. The molecule has 2 aromatic carbocycles. The van der Waals surface area contributed by atoms with Crippen molar-refractivity contribution in [2.75, 3.05) is 27.3 Å². The molecule has 6 aromatic rings. The topological polar surface area (TPSA) is 232 Å². The van der Waals surface area contributed by atoms with Crippen molar-refractivity contribution in [3.05, 3.63) is 60.0 Å². The molecule has 18 heteroatoms. The van der Waals surface area contributed by atoms with Crippen molar-refractivity contribution in [1.82, 2.24) is 60.3 Å². The minimum absolute atomic E-state index is 0.138. The highest BCUT2D eigenvalue weighted by molar-refractivity contribution is 6.07. The number of ether oxygens (including phenoxy) is 2. The molecule has 326 valence electrons. The molecule has 4 aromatic heterocycles. The molecule has 2 aliphatic rings. The van der Waals surface area contributed by atoms with Gasteiger partial charge in [-0.2, -0.15) is 0 Å². The third-order valence-electron chi connectivity index (χ3n) is 12.1. The van der Waals surface area contributed by atoms with Gasteiger partial charge < -0.3 is 49.8 Å². The zero-order chi connectivity index (χ0) is 44.0. The molecule has 2 fully saturated rings. The minimum Gasteiger partial charge on any atom is -0.453 e. The SMILES string of the molecule is COC(=O)NC(C(=O)N1CCCC1c1ncc(-c2ccc(-c3ccc(-c4cnc(C5CCCN5C(=O)C(NC(=O)OC)C(C)C)[nH]4)c4nc(C)[nH]c34)c3[nH]c(C)nc23)[nH]1)C(C)C. The molecular formula is C44H54N12O6. The number of rotatable bonds is 11. The van der Waals surface area contributed by atoms with Gasteiger partial charge in [-0.05, 0) is 63.5 Å². The maximum Gasteiger partial charge on any atom is 0.407 e. The van der Waals surface area contributed by atoms with E-state index in [1.54, 1.807) is 22.2 Å². The van der Waals surface area contributed by atoms with Crippen LogP contribution in [0, 0.1) is 25.7 Å². The number of nitrogens with one attached hydrogen (secondary N) is 6. The van der Waals surface area contributed by atoms with Gasteiger partial charge in [-0.25, -0.2) is 29.5 Å². The Morgan fingerprint density at radius 3 is 1.39 bits per heavy atom. The van der Waals surface area contributed by atoms with E-state index in [0.29, 0.717) is 24.7 Å². The molecule has 4 unspecified atom stereocenters. The van der Waals surface area contributed by atoms with Gasteiger partial charge in [0.15, 0.2) is 0 Å². The summed E-state index contributed by atoms with van der Waals surface area (Å²) in [6.07, 6.45) is 5.38. The highest BCUT2D eigenvalue weighted by Gasteiger charge is 2.39. The van der Waals surface area contributed by atoms with Crippen molar-refractivity contribution in [2.45, 2.75) is 91.4 Å². The molecule has 2 aliphatic heterocycles. The van der Waals surface area contributed by atoms with Gasteiger partial charge in [0.05, 0.1) is 72.2 Å². The summed E-state index contributed by atoms with van der Waals surface area (Å²) >= 11 is 0. The summed E-state index contributed by atoms with van der Waals surface area (Å²) in [5.41, 5.74) is 8.33. The molecule has 0 aliphatic carbocycles. The number of aromatic nitrogens is 8. The number of aromatic amines is 4. The minimum atomic E-state index is -0.727. The fourth-order valence-corrected chi connectivity index (χ4v) is 8.98. The highest BCUT2D eigenvalue weighted by atomic mass is 16.5. The lowest BCUT2D eigenvalue weighted by atomic mass is 9.97. The fourth-order valence-electron chi connectivity index (χ4n) is 8.98. The van der Waals surface area contributed by atoms with E-state index in [9.17, 15) is 19.2 Å². The summed E-state index contributed by atoms with van der Waals surface area (Å²) in [6.45, 7) is 12.5. The monoisotopic (exact) mass is 846 g/mol. The quantitative estimate of drug-likeness (QED) is 0.0819. The Kier molecular flexibility index (Phi) is 11.5. The number of likely N-dealkylation sites (tertiary alicyclic amines) is 2. The first-order valence-electron chi connectivity index (χ1n) is 21.2. The number of aryl methyl sites for hydroxylation is 2. The van der Waals surface area contributed by atoms with E-state index in [2.05, 4.69) is 42.7 Å². The van der Waals surface area contributed by atoms with E-state index in [1.807, 2.05) is 53.7 Å². The van der Waals surface area contributed by atoms with Gasteiger partial charge in [-0.1, -0.05) is 39.8 Å². The first-order chi connectivity index (χ1) is 29.8. The molecule has 2 saturated heterocycles. The number of hydrogen-bond acceptors (Lipinski definition) is 10. The summed E-state index contributed by atoms with van der Waals surface area (Å²) in [5.74, 6) is 2.23. The Hall–Kier alpha value is -6.72. The second-order valence-corrected chi connectivity index (χ2v) is 16.9. The maximum atomic E-state index is 13.8. The van der Waals surface area contributed by atoms with Gasteiger partial charge in [-0.3, -0.25) is 9.59 Å². The molecule has 4 amide bonds. The molecular weight excluding hydrogens is 793 g/mol. The zero-order valence-electron chi connectivity index (χ0n) is 36.3. The third-order valence-corrected chi connectivity index (χ3v) is 12.1. The second kappa shape index (κ2) is 17.0. The fraction of sp³-hybridized carbons (Fsp3) is 0.455. The summed E-state index contributed by atoms with van der Waals surface area (Å²) in [7, 11) is 2.57. The first kappa shape index (κ1) is 42.0. The van der Waals surface area contributed by atoms with Gasteiger partial charge in [0.1, 0.15) is 35.4 Å². The van der Waals surface area contributed by atoms with Crippen molar-refractivity contribution in [2.24, 2.45) is 11.8 Å². The van der Waals surface area contributed by atoms with Crippen LogP contribution >= 0.6 is 0 Å². The molecule has 0 saturated carbocycles. The van der Waals surface area contributed by atoms with E-state index in [1.165, 1.54) is 14.2 Å².